The van der Waals surface area contributed by atoms with Gasteiger partial charge < -0.3 is 4.90 Å². The van der Waals surface area contributed by atoms with E-state index >= 15 is 0 Å². The van der Waals surface area contributed by atoms with Crippen LogP contribution in [-0.2, 0) is 5.75 Å². The number of rotatable bonds is 5. The topological polar surface area (TPSA) is 21.1 Å². The number of hydrogen-bond donors (Lipinski definition) is 0. The van der Waals surface area contributed by atoms with Crippen LogP contribution in [0.4, 0.5) is 5.82 Å². The molecule has 3 aromatic rings. The molecule has 0 spiro atoms. The predicted octanol–water partition coefficient (Wildman–Crippen LogP) is 5.46. The number of thioether (sulfide) groups is 1. The maximum absolute atomic E-state index is 4.78. The van der Waals surface area contributed by atoms with Crippen LogP contribution >= 0.6 is 11.8 Å². The lowest BCUT2D eigenvalue weighted by molar-refractivity contribution is 0.569. The van der Waals surface area contributed by atoms with Gasteiger partial charge in [0.05, 0.1) is 6.20 Å². The Hall–Kier alpha value is -2.20. The number of anilines is 1. The van der Waals surface area contributed by atoms with Crippen LogP contribution < -0.4 is 4.90 Å². The predicted molar refractivity (Wildman–Crippen MR) is 110 cm³/mol. The van der Waals surface area contributed by atoms with Crippen molar-refractivity contribution in [3.05, 3.63) is 71.9 Å². The van der Waals surface area contributed by atoms with Gasteiger partial charge in [-0.3, -0.25) is 4.57 Å². The number of hydrogen-bond acceptors (Lipinski definition) is 3. The van der Waals surface area contributed by atoms with Crippen molar-refractivity contribution in [2.45, 2.75) is 37.1 Å². The van der Waals surface area contributed by atoms with Crippen LogP contribution in [0.25, 0.3) is 5.69 Å². The van der Waals surface area contributed by atoms with Crippen molar-refractivity contribution in [3.63, 3.8) is 0 Å². The fourth-order valence-electron chi connectivity index (χ4n) is 3.43. The van der Waals surface area contributed by atoms with Crippen molar-refractivity contribution in [1.29, 1.82) is 0 Å². The number of imidazole rings is 1. The van der Waals surface area contributed by atoms with Gasteiger partial charge in [-0.25, -0.2) is 4.98 Å². The molecule has 0 N–H and O–H groups in total. The molecule has 2 aromatic carbocycles. The molecule has 3 nitrogen and oxygen atoms in total. The quantitative estimate of drug-likeness (QED) is 0.561. The molecule has 4 heteroatoms. The molecule has 4 rings (SSSR count). The molecule has 1 fully saturated rings. The van der Waals surface area contributed by atoms with Gasteiger partial charge in [0.1, 0.15) is 5.82 Å². The smallest absolute Gasteiger partial charge is 0.174 e. The summed E-state index contributed by atoms with van der Waals surface area (Å²) in [4.78, 5) is 7.27. The fraction of sp³-hybridized carbons (Fsp3) is 0.318. The summed E-state index contributed by atoms with van der Waals surface area (Å²) in [5.41, 5.74) is 3.83. The Morgan fingerprint density at radius 3 is 2.38 bits per heavy atom. The van der Waals surface area contributed by atoms with Gasteiger partial charge in [-0.1, -0.05) is 59.8 Å². The van der Waals surface area contributed by atoms with Gasteiger partial charge >= 0.3 is 0 Å². The molecule has 1 aromatic heterocycles. The van der Waals surface area contributed by atoms with Crippen LogP contribution in [0.15, 0.2) is 66.0 Å². The third kappa shape index (κ3) is 3.80. The molecule has 0 atom stereocenters. The number of aromatic nitrogens is 2. The van der Waals surface area contributed by atoms with Crippen molar-refractivity contribution >= 4 is 17.6 Å². The highest BCUT2D eigenvalue weighted by molar-refractivity contribution is 7.98. The third-order valence-corrected chi connectivity index (χ3v) is 5.92. The number of benzene rings is 2. The summed E-state index contributed by atoms with van der Waals surface area (Å²) in [6.07, 6.45) is 5.93. The van der Waals surface area contributed by atoms with Gasteiger partial charge in [0.15, 0.2) is 5.16 Å². The lowest BCUT2D eigenvalue weighted by Crippen LogP contribution is -2.31. The lowest BCUT2D eigenvalue weighted by Gasteiger charge is -2.29. The summed E-state index contributed by atoms with van der Waals surface area (Å²) in [5, 5.41) is 1.07. The van der Waals surface area contributed by atoms with Crippen molar-refractivity contribution in [2.24, 2.45) is 0 Å². The molecular formula is C22H25N3S. The van der Waals surface area contributed by atoms with Gasteiger partial charge in [-0.2, -0.15) is 0 Å². The van der Waals surface area contributed by atoms with E-state index in [1.54, 1.807) is 0 Å². The molecule has 134 valence electrons. The third-order valence-electron chi connectivity index (χ3n) is 4.89. The Bertz CT molecular complexity index is 834. The van der Waals surface area contributed by atoms with Gasteiger partial charge in [-0.15, -0.1) is 0 Å². The molecular weight excluding hydrogens is 338 g/mol. The second-order valence-corrected chi connectivity index (χ2v) is 7.83. The molecule has 2 heterocycles. The van der Waals surface area contributed by atoms with E-state index in [9.17, 15) is 0 Å². The van der Waals surface area contributed by atoms with Crippen LogP contribution in [-0.4, -0.2) is 22.6 Å². The van der Waals surface area contributed by atoms with Gasteiger partial charge in [0.25, 0.3) is 0 Å². The van der Waals surface area contributed by atoms with Crippen LogP contribution in [0.1, 0.15) is 30.4 Å². The molecule has 0 aliphatic carbocycles. The minimum Gasteiger partial charge on any atom is -0.356 e. The highest BCUT2D eigenvalue weighted by Crippen LogP contribution is 2.31. The Morgan fingerprint density at radius 2 is 1.65 bits per heavy atom. The normalized spacial score (nSPS) is 14.6. The molecule has 26 heavy (non-hydrogen) atoms. The van der Waals surface area contributed by atoms with Gasteiger partial charge in [0, 0.05) is 24.5 Å². The van der Waals surface area contributed by atoms with E-state index in [1.165, 1.54) is 41.9 Å². The summed E-state index contributed by atoms with van der Waals surface area (Å²) in [6, 6.07) is 19.4. The molecule has 0 unspecified atom stereocenters. The van der Waals surface area contributed by atoms with Crippen LogP contribution in [0.5, 0.6) is 0 Å². The minimum absolute atomic E-state index is 0.934. The molecule has 0 saturated carbocycles. The molecule has 0 radical (unpaired) electrons. The molecule has 1 aliphatic heterocycles. The first kappa shape index (κ1) is 17.2. The zero-order valence-electron chi connectivity index (χ0n) is 15.3. The Labute approximate surface area is 160 Å². The first-order valence-corrected chi connectivity index (χ1v) is 10.4. The van der Waals surface area contributed by atoms with E-state index in [2.05, 4.69) is 77.2 Å². The van der Waals surface area contributed by atoms with Crippen LogP contribution in [0.2, 0.25) is 0 Å². The summed E-state index contributed by atoms with van der Waals surface area (Å²) in [7, 11) is 0. The standard InChI is InChI=1S/C22H25N3S/c1-18-10-12-19(13-11-18)17-26-22-23-16-21(24-14-6-3-7-15-24)25(22)20-8-4-2-5-9-20/h2,4-5,8-13,16H,3,6-7,14-15,17H2,1H3. The lowest BCUT2D eigenvalue weighted by atomic mass is 10.1. The summed E-state index contributed by atoms with van der Waals surface area (Å²) in [5.74, 6) is 2.16. The van der Waals surface area contributed by atoms with Crippen molar-refractivity contribution in [1.82, 2.24) is 9.55 Å². The zero-order chi connectivity index (χ0) is 17.8. The number of para-hydroxylation sites is 1. The van der Waals surface area contributed by atoms with E-state index in [0.29, 0.717) is 0 Å². The van der Waals surface area contributed by atoms with Gasteiger partial charge in [0.2, 0.25) is 0 Å². The molecule has 1 saturated heterocycles. The second-order valence-electron chi connectivity index (χ2n) is 6.89. The van der Waals surface area contributed by atoms with E-state index in [0.717, 1.165) is 24.0 Å². The SMILES string of the molecule is Cc1ccc(CSc2ncc(N3CCCCC3)n2-c2ccccc2)cc1. The van der Waals surface area contributed by atoms with Crippen molar-refractivity contribution in [3.8, 4) is 5.69 Å². The fourth-order valence-corrected chi connectivity index (χ4v) is 4.37. The minimum atomic E-state index is 0.934. The second kappa shape index (κ2) is 8.00. The Morgan fingerprint density at radius 1 is 0.923 bits per heavy atom. The highest BCUT2D eigenvalue weighted by atomic mass is 32.2. The first-order valence-electron chi connectivity index (χ1n) is 9.38. The average molecular weight is 364 g/mol. The molecule has 0 amide bonds. The average Bonchev–Trinajstić information content (AvgIpc) is 3.13. The number of aryl methyl sites for hydroxylation is 1. The Kier molecular flexibility index (Phi) is 5.30. The van der Waals surface area contributed by atoms with Gasteiger partial charge in [-0.05, 0) is 43.9 Å². The Balaban J connectivity index is 1.63. The highest BCUT2D eigenvalue weighted by Gasteiger charge is 2.19. The number of nitrogens with zero attached hydrogens (tertiary/aromatic N) is 3. The first-order chi connectivity index (χ1) is 12.8. The van der Waals surface area contributed by atoms with E-state index in [1.807, 2.05) is 11.8 Å². The monoisotopic (exact) mass is 363 g/mol. The maximum Gasteiger partial charge on any atom is 0.174 e. The zero-order valence-corrected chi connectivity index (χ0v) is 16.1. The van der Waals surface area contributed by atoms with Crippen molar-refractivity contribution < 1.29 is 0 Å². The van der Waals surface area contributed by atoms with Crippen LogP contribution in [0, 0.1) is 6.92 Å². The van der Waals surface area contributed by atoms with Crippen molar-refractivity contribution in [2.75, 3.05) is 18.0 Å². The van der Waals surface area contributed by atoms with E-state index in [-0.39, 0.29) is 0 Å². The molecule has 0 bridgehead atoms. The van der Waals surface area contributed by atoms with E-state index < -0.39 is 0 Å². The summed E-state index contributed by atoms with van der Waals surface area (Å²) < 4.78 is 2.32. The van der Waals surface area contributed by atoms with E-state index in [4.69, 9.17) is 4.98 Å². The summed E-state index contributed by atoms with van der Waals surface area (Å²) in [6.45, 7) is 4.38. The largest absolute Gasteiger partial charge is 0.356 e. The maximum atomic E-state index is 4.78. The summed E-state index contributed by atoms with van der Waals surface area (Å²) >= 11 is 1.81. The van der Waals surface area contributed by atoms with Crippen LogP contribution in [0.3, 0.4) is 0 Å². The molecule has 1 aliphatic rings. The number of piperidine rings is 1.